The van der Waals surface area contributed by atoms with Gasteiger partial charge >= 0.3 is 5.97 Å². The van der Waals surface area contributed by atoms with Gasteiger partial charge in [0.1, 0.15) is 11.4 Å². The molecule has 0 fully saturated rings. The Balaban J connectivity index is 2.18. The Morgan fingerprint density at radius 2 is 1.77 bits per heavy atom. The van der Waals surface area contributed by atoms with Crippen molar-refractivity contribution in [2.24, 2.45) is 0 Å². The van der Waals surface area contributed by atoms with Crippen LogP contribution in [-0.4, -0.2) is 11.6 Å². The third-order valence-corrected chi connectivity index (χ3v) is 3.26. The first-order valence-corrected chi connectivity index (χ1v) is 7.32. The van der Waals surface area contributed by atoms with Crippen LogP contribution < -0.4 is 4.74 Å². The van der Waals surface area contributed by atoms with E-state index in [-0.39, 0.29) is 0 Å². The standard InChI is InChI=1S/C19H22O3/c1-13-11-15-7-6-8-17(16(15)12-14(13)2)21-10-9-18(20)22-19(3,4)5/h6-12H,1-5H3/b10-9+. The lowest BCUT2D eigenvalue weighted by Gasteiger charge is -2.17. The van der Waals surface area contributed by atoms with Gasteiger partial charge in [-0.1, -0.05) is 18.2 Å². The molecule has 0 aliphatic carbocycles. The highest BCUT2D eigenvalue weighted by molar-refractivity contribution is 5.89. The Morgan fingerprint density at radius 3 is 2.45 bits per heavy atom. The summed E-state index contributed by atoms with van der Waals surface area (Å²) < 4.78 is 10.8. The fraction of sp³-hybridized carbons (Fsp3) is 0.316. The monoisotopic (exact) mass is 298 g/mol. The third-order valence-electron chi connectivity index (χ3n) is 3.26. The molecule has 0 N–H and O–H groups in total. The summed E-state index contributed by atoms with van der Waals surface area (Å²) in [6.07, 6.45) is 2.67. The van der Waals surface area contributed by atoms with E-state index in [1.807, 2.05) is 39.0 Å². The molecule has 0 saturated heterocycles. The van der Waals surface area contributed by atoms with E-state index in [2.05, 4.69) is 26.0 Å². The van der Waals surface area contributed by atoms with Gasteiger partial charge in [-0.2, -0.15) is 0 Å². The maximum atomic E-state index is 11.6. The van der Waals surface area contributed by atoms with Crippen molar-refractivity contribution < 1.29 is 14.3 Å². The van der Waals surface area contributed by atoms with Gasteiger partial charge < -0.3 is 9.47 Å². The zero-order chi connectivity index (χ0) is 16.3. The molecular weight excluding hydrogens is 276 g/mol. The number of rotatable bonds is 3. The first kappa shape index (κ1) is 16.1. The van der Waals surface area contributed by atoms with Crippen LogP contribution in [0.3, 0.4) is 0 Å². The van der Waals surface area contributed by atoms with Crippen LogP contribution in [0.25, 0.3) is 10.8 Å². The minimum Gasteiger partial charge on any atom is -0.464 e. The summed E-state index contributed by atoms with van der Waals surface area (Å²) in [5, 5.41) is 2.14. The van der Waals surface area contributed by atoms with Gasteiger partial charge in [-0.25, -0.2) is 4.79 Å². The maximum Gasteiger partial charge on any atom is 0.334 e. The molecule has 0 atom stereocenters. The summed E-state index contributed by atoms with van der Waals surface area (Å²) >= 11 is 0. The Labute approximate surface area is 131 Å². The number of aryl methyl sites for hydroxylation is 2. The predicted molar refractivity (Wildman–Crippen MR) is 89.0 cm³/mol. The SMILES string of the molecule is Cc1cc2cccc(O/C=C/C(=O)OC(C)(C)C)c2cc1C. The summed E-state index contributed by atoms with van der Waals surface area (Å²) in [7, 11) is 0. The molecule has 3 nitrogen and oxygen atoms in total. The molecule has 0 spiro atoms. The van der Waals surface area contributed by atoms with Crippen molar-refractivity contribution in [2.45, 2.75) is 40.2 Å². The fourth-order valence-corrected chi connectivity index (χ4v) is 2.12. The normalized spacial score (nSPS) is 11.9. The molecule has 2 aromatic rings. The molecule has 2 aromatic carbocycles. The molecule has 0 radical (unpaired) electrons. The Kier molecular flexibility index (Phi) is 4.55. The van der Waals surface area contributed by atoms with Gasteiger partial charge in [-0.3, -0.25) is 0 Å². The summed E-state index contributed by atoms with van der Waals surface area (Å²) in [6, 6.07) is 10.1. The van der Waals surface area contributed by atoms with E-state index < -0.39 is 11.6 Å². The van der Waals surface area contributed by atoms with Crippen LogP contribution >= 0.6 is 0 Å². The van der Waals surface area contributed by atoms with Crippen molar-refractivity contribution in [1.29, 1.82) is 0 Å². The molecule has 2 rings (SSSR count). The molecule has 116 valence electrons. The summed E-state index contributed by atoms with van der Waals surface area (Å²) in [4.78, 5) is 11.6. The maximum absolute atomic E-state index is 11.6. The van der Waals surface area contributed by atoms with E-state index >= 15 is 0 Å². The van der Waals surface area contributed by atoms with Gasteiger partial charge in [-0.05, 0) is 63.3 Å². The van der Waals surface area contributed by atoms with Gasteiger partial charge in [0.15, 0.2) is 0 Å². The third kappa shape index (κ3) is 4.10. The first-order chi connectivity index (χ1) is 10.3. The molecular formula is C19H22O3. The molecule has 0 bridgehead atoms. The summed E-state index contributed by atoms with van der Waals surface area (Å²) in [6.45, 7) is 9.65. The molecule has 22 heavy (non-hydrogen) atoms. The highest BCUT2D eigenvalue weighted by Crippen LogP contribution is 2.28. The van der Waals surface area contributed by atoms with Crippen LogP contribution in [0, 0.1) is 13.8 Å². The number of hydrogen-bond acceptors (Lipinski definition) is 3. The van der Waals surface area contributed by atoms with Crippen LogP contribution in [-0.2, 0) is 9.53 Å². The topological polar surface area (TPSA) is 35.5 Å². The average Bonchev–Trinajstić information content (AvgIpc) is 2.38. The lowest BCUT2D eigenvalue weighted by Crippen LogP contribution is -2.22. The van der Waals surface area contributed by atoms with Crippen molar-refractivity contribution in [1.82, 2.24) is 0 Å². The van der Waals surface area contributed by atoms with Crippen LogP contribution in [0.2, 0.25) is 0 Å². The number of fused-ring (bicyclic) bond motifs is 1. The lowest BCUT2D eigenvalue weighted by molar-refractivity contribution is -0.148. The number of benzene rings is 2. The van der Waals surface area contributed by atoms with Gasteiger partial charge in [0.25, 0.3) is 0 Å². The molecule has 0 heterocycles. The number of ether oxygens (including phenoxy) is 2. The van der Waals surface area contributed by atoms with Crippen molar-refractivity contribution >= 4 is 16.7 Å². The number of hydrogen-bond donors (Lipinski definition) is 0. The number of esters is 1. The van der Waals surface area contributed by atoms with E-state index in [0.717, 1.165) is 16.5 Å². The average molecular weight is 298 g/mol. The molecule has 0 saturated carbocycles. The van der Waals surface area contributed by atoms with Crippen molar-refractivity contribution in [3.8, 4) is 5.75 Å². The second-order valence-corrected chi connectivity index (χ2v) is 6.37. The van der Waals surface area contributed by atoms with Gasteiger partial charge in [-0.15, -0.1) is 0 Å². The fourth-order valence-electron chi connectivity index (χ4n) is 2.12. The van der Waals surface area contributed by atoms with E-state index in [1.165, 1.54) is 23.5 Å². The van der Waals surface area contributed by atoms with Crippen LogP contribution in [0.15, 0.2) is 42.7 Å². The molecule has 0 aliphatic rings. The minimum atomic E-state index is -0.504. The highest BCUT2D eigenvalue weighted by Gasteiger charge is 2.14. The highest BCUT2D eigenvalue weighted by atomic mass is 16.6. The molecule has 0 aromatic heterocycles. The summed E-state index contributed by atoms with van der Waals surface area (Å²) in [5.74, 6) is 0.306. The molecule has 0 aliphatic heterocycles. The molecule has 0 amide bonds. The summed E-state index contributed by atoms with van der Waals surface area (Å²) in [5.41, 5.74) is 1.95. The largest absolute Gasteiger partial charge is 0.464 e. The number of carbonyl (C=O) groups excluding carboxylic acids is 1. The lowest BCUT2D eigenvalue weighted by atomic mass is 10.0. The van der Waals surface area contributed by atoms with Crippen LogP contribution in [0.4, 0.5) is 0 Å². The predicted octanol–water partition coefficient (Wildman–Crippen LogP) is 4.69. The molecule has 0 unspecified atom stereocenters. The van der Waals surface area contributed by atoms with Crippen molar-refractivity contribution in [3.05, 3.63) is 53.8 Å². The van der Waals surface area contributed by atoms with Gasteiger partial charge in [0, 0.05) is 5.39 Å². The quantitative estimate of drug-likeness (QED) is 0.468. The zero-order valence-electron chi connectivity index (χ0n) is 13.8. The van der Waals surface area contributed by atoms with E-state index in [0.29, 0.717) is 0 Å². The molecule has 3 heteroatoms. The van der Waals surface area contributed by atoms with Crippen molar-refractivity contribution in [3.63, 3.8) is 0 Å². The minimum absolute atomic E-state index is 0.417. The zero-order valence-corrected chi connectivity index (χ0v) is 13.8. The van der Waals surface area contributed by atoms with Crippen LogP contribution in [0.5, 0.6) is 5.75 Å². The van der Waals surface area contributed by atoms with Crippen molar-refractivity contribution in [2.75, 3.05) is 0 Å². The van der Waals surface area contributed by atoms with E-state index in [4.69, 9.17) is 9.47 Å². The Hall–Kier alpha value is -2.29. The van der Waals surface area contributed by atoms with Gasteiger partial charge in [0.05, 0.1) is 12.3 Å². The smallest absolute Gasteiger partial charge is 0.334 e. The van der Waals surface area contributed by atoms with E-state index in [1.54, 1.807) is 0 Å². The van der Waals surface area contributed by atoms with E-state index in [9.17, 15) is 4.79 Å². The van der Waals surface area contributed by atoms with Crippen LogP contribution in [0.1, 0.15) is 31.9 Å². The van der Waals surface area contributed by atoms with Gasteiger partial charge in [0.2, 0.25) is 0 Å². The Morgan fingerprint density at radius 1 is 1.09 bits per heavy atom. The second-order valence-electron chi connectivity index (χ2n) is 6.37. The first-order valence-electron chi connectivity index (χ1n) is 7.32. The number of carbonyl (C=O) groups is 1. The Bertz CT molecular complexity index is 721. The second kappa shape index (κ2) is 6.22.